The van der Waals surface area contributed by atoms with Gasteiger partial charge in [-0.2, -0.15) is 0 Å². The number of nitrogens with one attached hydrogen (secondary N) is 2. The van der Waals surface area contributed by atoms with Crippen LogP contribution in [0, 0.1) is 0 Å². The Bertz CT molecular complexity index is 509. The fraction of sp³-hybridized carbons (Fsp3) is 0.714. The van der Waals surface area contributed by atoms with Crippen LogP contribution in [-0.4, -0.2) is 35.9 Å². The van der Waals surface area contributed by atoms with E-state index in [0.29, 0.717) is 13.0 Å². The number of rotatable bonds is 4. The smallest absolute Gasteiger partial charge is 0.262 e. The number of halogens is 2. The predicted octanol–water partition coefficient (Wildman–Crippen LogP) is 1.68. The van der Waals surface area contributed by atoms with Gasteiger partial charge in [-0.25, -0.2) is 13.8 Å². The normalized spacial score (nSPS) is 23.8. The van der Waals surface area contributed by atoms with E-state index in [-0.39, 0.29) is 5.91 Å². The number of hydrogen-bond donors (Lipinski definition) is 2. The number of amides is 1. The van der Waals surface area contributed by atoms with E-state index in [1.165, 1.54) is 23.4 Å². The number of fused-ring (bicyclic) bond motifs is 1. The molecule has 0 radical (unpaired) electrons. The molecule has 2 aliphatic rings. The molecule has 4 nitrogen and oxygen atoms in total. The van der Waals surface area contributed by atoms with Crippen LogP contribution >= 0.6 is 11.3 Å². The van der Waals surface area contributed by atoms with Gasteiger partial charge >= 0.3 is 0 Å². The van der Waals surface area contributed by atoms with Crippen LogP contribution in [0.5, 0.6) is 0 Å². The second kappa shape index (κ2) is 5.96. The summed E-state index contributed by atoms with van der Waals surface area (Å²) in [5, 5.41) is 6.32. The van der Waals surface area contributed by atoms with Crippen LogP contribution in [0.2, 0.25) is 0 Å². The number of hydrogen-bond acceptors (Lipinski definition) is 4. The molecule has 1 fully saturated rings. The van der Waals surface area contributed by atoms with Gasteiger partial charge < -0.3 is 5.32 Å². The van der Waals surface area contributed by atoms with E-state index in [1.807, 2.05) is 0 Å². The van der Waals surface area contributed by atoms with Crippen molar-refractivity contribution >= 4 is 17.2 Å². The lowest BCUT2D eigenvalue weighted by molar-refractivity contribution is -0.123. The molecule has 1 aromatic rings. The number of nitrogens with zero attached hydrogens (tertiary/aromatic N) is 1. The van der Waals surface area contributed by atoms with E-state index in [2.05, 4.69) is 15.6 Å². The molecule has 1 aliphatic carbocycles. The monoisotopic (exact) mass is 315 g/mol. The van der Waals surface area contributed by atoms with Gasteiger partial charge in [0.05, 0.1) is 23.3 Å². The van der Waals surface area contributed by atoms with Gasteiger partial charge in [0.25, 0.3) is 5.92 Å². The largest absolute Gasteiger partial charge is 0.354 e. The third-order valence-electron chi connectivity index (χ3n) is 3.95. The van der Waals surface area contributed by atoms with Crippen LogP contribution < -0.4 is 10.6 Å². The minimum atomic E-state index is -2.77. The van der Waals surface area contributed by atoms with Crippen molar-refractivity contribution in [2.45, 2.75) is 50.5 Å². The number of carbonyl (C=O) groups excluding carboxylic acids is 1. The van der Waals surface area contributed by atoms with Crippen LogP contribution in [0.25, 0.3) is 0 Å². The summed E-state index contributed by atoms with van der Waals surface area (Å²) in [6.45, 7) is 0.0409. The molecule has 116 valence electrons. The zero-order valence-electron chi connectivity index (χ0n) is 11.8. The van der Waals surface area contributed by atoms with Crippen LogP contribution in [0.3, 0.4) is 0 Å². The average Bonchev–Trinajstić information content (AvgIpc) is 3.01. The summed E-state index contributed by atoms with van der Waals surface area (Å²) in [5.74, 6) is -3.11. The summed E-state index contributed by atoms with van der Waals surface area (Å²) in [6.07, 6.45) is 4.86. The minimum absolute atomic E-state index is 0.339. The quantitative estimate of drug-likeness (QED) is 0.889. The molecule has 21 heavy (non-hydrogen) atoms. The third-order valence-corrected chi connectivity index (χ3v) is 5.17. The second-order valence-electron chi connectivity index (χ2n) is 5.72. The first-order valence-electron chi connectivity index (χ1n) is 7.40. The molecule has 0 spiro atoms. The molecule has 3 rings (SSSR count). The number of carbonyl (C=O) groups is 1. The van der Waals surface area contributed by atoms with Crippen molar-refractivity contribution in [1.82, 2.24) is 15.6 Å². The molecule has 7 heteroatoms. The van der Waals surface area contributed by atoms with E-state index >= 15 is 0 Å². The van der Waals surface area contributed by atoms with Gasteiger partial charge in [-0.3, -0.25) is 10.1 Å². The van der Waals surface area contributed by atoms with Gasteiger partial charge in [-0.05, 0) is 25.7 Å². The van der Waals surface area contributed by atoms with Gasteiger partial charge in [-0.15, -0.1) is 11.3 Å². The van der Waals surface area contributed by atoms with Gasteiger partial charge in [0.2, 0.25) is 5.91 Å². The van der Waals surface area contributed by atoms with Crippen molar-refractivity contribution in [3.8, 4) is 0 Å². The highest BCUT2D eigenvalue weighted by Gasteiger charge is 2.42. The zero-order valence-corrected chi connectivity index (χ0v) is 12.6. The second-order valence-corrected chi connectivity index (χ2v) is 6.89. The maximum absolute atomic E-state index is 13.0. The van der Waals surface area contributed by atoms with Crippen molar-refractivity contribution in [2.75, 3.05) is 13.1 Å². The standard InChI is InChI=1S/C14H19F2N3OS/c15-14(16)7-10(18-8-14)13(20)17-6-5-12-19-9-3-1-2-4-11(9)21-12/h10,18H,1-8H2,(H,17,20). The van der Waals surface area contributed by atoms with E-state index in [0.717, 1.165) is 17.8 Å². The van der Waals surface area contributed by atoms with Gasteiger partial charge in [0.15, 0.2) is 0 Å². The number of aryl methyl sites for hydroxylation is 2. The van der Waals surface area contributed by atoms with Crippen molar-refractivity contribution in [1.29, 1.82) is 0 Å². The van der Waals surface area contributed by atoms with Crippen molar-refractivity contribution in [2.24, 2.45) is 0 Å². The third kappa shape index (κ3) is 3.58. The van der Waals surface area contributed by atoms with E-state index in [1.54, 1.807) is 11.3 Å². The highest BCUT2D eigenvalue weighted by atomic mass is 32.1. The highest BCUT2D eigenvalue weighted by Crippen LogP contribution is 2.27. The Hall–Kier alpha value is -1.08. The number of thiazole rings is 1. The Labute approximate surface area is 126 Å². The predicted molar refractivity (Wildman–Crippen MR) is 76.8 cm³/mol. The summed E-state index contributed by atoms with van der Waals surface area (Å²) in [6, 6.07) is -0.774. The molecule has 1 saturated heterocycles. The molecule has 0 saturated carbocycles. The number of aromatic nitrogens is 1. The molecule has 2 heterocycles. The summed E-state index contributed by atoms with van der Waals surface area (Å²) >= 11 is 1.72. The van der Waals surface area contributed by atoms with Gasteiger partial charge in [-0.1, -0.05) is 0 Å². The van der Waals surface area contributed by atoms with E-state index < -0.39 is 24.9 Å². The topological polar surface area (TPSA) is 54.0 Å². The summed E-state index contributed by atoms with van der Waals surface area (Å²) < 4.78 is 26.0. The molecule has 2 N–H and O–H groups in total. The Kier molecular flexibility index (Phi) is 4.21. The highest BCUT2D eigenvalue weighted by molar-refractivity contribution is 7.11. The first kappa shape index (κ1) is 14.8. The van der Waals surface area contributed by atoms with Crippen LogP contribution in [-0.2, 0) is 24.1 Å². The lowest BCUT2D eigenvalue weighted by atomic mass is 10.0. The lowest BCUT2D eigenvalue weighted by Gasteiger charge is -2.10. The molecular formula is C14H19F2N3OS. The molecule has 1 atom stereocenters. The fourth-order valence-corrected chi connectivity index (χ4v) is 3.99. The molecule has 0 aromatic carbocycles. The summed E-state index contributed by atoms with van der Waals surface area (Å²) in [7, 11) is 0. The van der Waals surface area contributed by atoms with E-state index in [9.17, 15) is 13.6 Å². The van der Waals surface area contributed by atoms with Gasteiger partial charge in [0, 0.05) is 24.3 Å². The summed E-state index contributed by atoms with van der Waals surface area (Å²) in [4.78, 5) is 17.8. The maximum Gasteiger partial charge on any atom is 0.262 e. The molecular weight excluding hydrogens is 296 g/mol. The molecule has 1 aromatic heterocycles. The Morgan fingerprint density at radius 2 is 2.24 bits per heavy atom. The fourth-order valence-electron chi connectivity index (χ4n) is 2.83. The minimum Gasteiger partial charge on any atom is -0.354 e. The van der Waals surface area contributed by atoms with Crippen LogP contribution in [0.15, 0.2) is 0 Å². The van der Waals surface area contributed by atoms with Crippen molar-refractivity contribution in [3.05, 3.63) is 15.6 Å². The van der Waals surface area contributed by atoms with E-state index in [4.69, 9.17) is 0 Å². The Morgan fingerprint density at radius 3 is 2.95 bits per heavy atom. The van der Waals surface area contributed by atoms with Gasteiger partial charge in [0.1, 0.15) is 0 Å². The van der Waals surface area contributed by atoms with Crippen LogP contribution in [0.1, 0.15) is 34.8 Å². The first-order chi connectivity index (χ1) is 10.0. The van der Waals surface area contributed by atoms with Crippen molar-refractivity contribution < 1.29 is 13.6 Å². The number of alkyl halides is 2. The SMILES string of the molecule is O=C(NCCc1nc2c(s1)CCCC2)C1CC(F)(F)CN1. The zero-order chi connectivity index (χ0) is 14.9. The first-order valence-corrected chi connectivity index (χ1v) is 8.21. The van der Waals surface area contributed by atoms with Crippen molar-refractivity contribution in [3.63, 3.8) is 0 Å². The summed E-state index contributed by atoms with van der Waals surface area (Å²) in [5.41, 5.74) is 1.21. The van der Waals surface area contributed by atoms with Crippen LogP contribution in [0.4, 0.5) is 8.78 Å². The average molecular weight is 315 g/mol. The Morgan fingerprint density at radius 1 is 1.43 bits per heavy atom. The lowest BCUT2D eigenvalue weighted by Crippen LogP contribution is -2.41. The molecule has 1 unspecified atom stereocenters. The molecule has 1 aliphatic heterocycles. The molecule has 1 amide bonds. The maximum atomic E-state index is 13.0. The Balaban J connectivity index is 1.46. The molecule has 0 bridgehead atoms.